The van der Waals surface area contributed by atoms with E-state index in [0.717, 1.165) is 47.3 Å². The molecule has 0 fully saturated rings. The standard InChI is InChI=1S/C28H27N3O3S/c32-27(16-17-35(33,34)26-15-14-21-10-7-11-23(21)18-26)29-19-24-20-31(25-12-5-2-6-13-25)30-28(24)22-8-3-1-4-9-22/h1-6,8-9,12-15,18,20H,7,10-11,16-17,19H2,(H,29,32). The molecule has 0 unspecified atom stereocenters. The summed E-state index contributed by atoms with van der Waals surface area (Å²) in [6.45, 7) is 0.259. The fourth-order valence-electron chi connectivity index (χ4n) is 4.46. The van der Waals surface area contributed by atoms with Crippen molar-refractivity contribution < 1.29 is 13.2 Å². The molecule has 0 radical (unpaired) electrons. The van der Waals surface area contributed by atoms with E-state index in [1.54, 1.807) is 16.8 Å². The lowest BCUT2D eigenvalue weighted by atomic mass is 10.1. The van der Waals surface area contributed by atoms with Crippen molar-refractivity contribution >= 4 is 15.7 Å². The summed E-state index contributed by atoms with van der Waals surface area (Å²) in [6, 6.07) is 24.9. The van der Waals surface area contributed by atoms with Crippen LogP contribution >= 0.6 is 0 Å². The van der Waals surface area contributed by atoms with E-state index in [0.29, 0.717) is 4.90 Å². The molecule has 1 amide bonds. The molecule has 4 aromatic rings. The lowest BCUT2D eigenvalue weighted by Gasteiger charge is -2.08. The Kier molecular flexibility index (Phi) is 6.51. The van der Waals surface area contributed by atoms with E-state index in [1.165, 1.54) is 5.56 Å². The first-order chi connectivity index (χ1) is 17.0. The van der Waals surface area contributed by atoms with E-state index in [-0.39, 0.29) is 24.6 Å². The lowest BCUT2D eigenvalue weighted by molar-refractivity contribution is -0.120. The van der Waals surface area contributed by atoms with Crippen molar-refractivity contribution in [2.45, 2.75) is 37.1 Å². The second kappa shape index (κ2) is 9.88. The smallest absolute Gasteiger partial charge is 0.221 e. The third kappa shape index (κ3) is 5.20. The van der Waals surface area contributed by atoms with Crippen LogP contribution in [0.5, 0.6) is 0 Å². The number of amides is 1. The number of carbonyl (C=O) groups is 1. The minimum Gasteiger partial charge on any atom is -0.352 e. The Morgan fingerprint density at radius 1 is 0.914 bits per heavy atom. The largest absolute Gasteiger partial charge is 0.352 e. The number of carbonyl (C=O) groups excluding carboxylic acids is 1. The predicted molar refractivity (Wildman–Crippen MR) is 136 cm³/mol. The van der Waals surface area contributed by atoms with Crippen LogP contribution in [0.4, 0.5) is 0 Å². The summed E-state index contributed by atoms with van der Waals surface area (Å²) in [4.78, 5) is 12.9. The summed E-state index contributed by atoms with van der Waals surface area (Å²) in [5.41, 5.74) is 5.84. The SMILES string of the molecule is O=C(CCS(=O)(=O)c1ccc2c(c1)CCC2)NCc1cn(-c2ccccc2)nc1-c1ccccc1. The molecule has 0 bridgehead atoms. The first-order valence-electron chi connectivity index (χ1n) is 11.8. The average molecular weight is 486 g/mol. The molecule has 1 N–H and O–H groups in total. The van der Waals surface area contributed by atoms with Gasteiger partial charge in [-0.05, 0) is 54.7 Å². The Balaban J connectivity index is 1.27. The van der Waals surface area contributed by atoms with Crippen LogP contribution in [0.2, 0.25) is 0 Å². The summed E-state index contributed by atoms with van der Waals surface area (Å²) in [7, 11) is -3.52. The number of sulfone groups is 1. The molecule has 3 aromatic carbocycles. The van der Waals surface area contributed by atoms with E-state index < -0.39 is 9.84 Å². The van der Waals surface area contributed by atoms with E-state index >= 15 is 0 Å². The van der Waals surface area contributed by atoms with E-state index in [4.69, 9.17) is 5.10 Å². The van der Waals surface area contributed by atoms with Crippen LogP contribution in [-0.2, 0) is 34.0 Å². The number of fused-ring (bicyclic) bond motifs is 1. The summed E-state index contributed by atoms with van der Waals surface area (Å²) in [5.74, 6) is -0.520. The number of benzene rings is 3. The maximum Gasteiger partial charge on any atom is 0.221 e. The Labute approximate surface area is 205 Å². The molecule has 6 nitrogen and oxygen atoms in total. The number of hydrogen-bond acceptors (Lipinski definition) is 4. The monoisotopic (exact) mass is 485 g/mol. The van der Waals surface area contributed by atoms with E-state index in [2.05, 4.69) is 5.32 Å². The lowest BCUT2D eigenvalue weighted by Crippen LogP contribution is -2.25. The van der Waals surface area contributed by atoms with Gasteiger partial charge in [-0.25, -0.2) is 13.1 Å². The first kappa shape index (κ1) is 23.1. The van der Waals surface area contributed by atoms with Crippen LogP contribution in [0, 0.1) is 0 Å². The normalized spacial score (nSPS) is 12.9. The highest BCUT2D eigenvalue weighted by Crippen LogP contribution is 2.26. The number of aryl methyl sites for hydroxylation is 2. The van der Waals surface area contributed by atoms with Gasteiger partial charge in [0.25, 0.3) is 0 Å². The molecule has 0 aliphatic heterocycles. The number of nitrogens with one attached hydrogen (secondary N) is 1. The van der Waals surface area contributed by atoms with Crippen molar-refractivity contribution in [3.63, 3.8) is 0 Å². The zero-order valence-electron chi connectivity index (χ0n) is 19.4. The van der Waals surface area contributed by atoms with Crippen molar-refractivity contribution in [3.8, 4) is 16.9 Å². The Morgan fingerprint density at radius 2 is 1.63 bits per heavy atom. The number of para-hydroxylation sites is 1. The van der Waals surface area contributed by atoms with Gasteiger partial charge in [-0.3, -0.25) is 4.79 Å². The van der Waals surface area contributed by atoms with Crippen molar-refractivity contribution in [2.75, 3.05) is 5.75 Å². The number of nitrogens with zero attached hydrogens (tertiary/aromatic N) is 2. The first-order valence-corrected chi connectivity index (χ1v) is 13.5. The summed E-state index contributed by atoms with van der Waals surface area (Å²) in [5, 5.41) is 7.63. The highest BCUT2D eigenvalue weighted by atomic mass is 32.2. The maximum atomic E-state index is 12.8. The highest BCUT2D eigenvalue weighted by molar-refractivity contribution is 7.91. The molecule has 0 saturated heterocycles. The minimum absolute atomic E-state index is 0.0904. The maximum absolute atomic E-state index is 12.8. The third-order valence-corrected chi connectivity index (χ3v) is 8.07. The number of hydrogen-bond donors (Lipinski definition) is 1. The van der Waals surface area contributed by atoms with Crippen molar-refractivity contribution in [3.05, 3.63) is 102 Å². The molecule has 0 atom stereocenters. The molecular weight excluding hydrogens is 458 g/mol. The van der Waals surface area contributed by atoms with Gasteiger partial charge in [0, 0.05) is 30.3 Å². The highest BCUT2D eigenvalue weighted by Gasteiger charge is 2.20. The van der Waals surface area contributed by atoms with Crippen LogP contribution in [0.3, 0.4) is 0 Å². The van der Waals surface area contributed by atoms with Crippen LogP contribution in [-0.4, -0.2) is 29.9 Å². The van der Waals surface area contributed by atoms with Crippen LogP contribution in [0.15, 0.2) is 90.0 Å². The quantitative estimate of drug-likeness (QED) is 0.398. The number of rotatable bonds is 8. The average Bonchev–Trinajstić information content (AvgIpc) is 3.54. The molecule has 0 spiro atoms. The van der Waals surface area contributed by atoms with Crippen molar-refractivity contribution in [2.24, 2.45) is 0 Å². The topological polar surface area (TPSA) is 81.1 Å². The second-order valence-electron chi connectivity index (χ2n) is 8.78. The molecule has 1 heterocycles. The van der Waals surface area contributed by atoms with E-state index in [9.17, 15) is 13.2 Å². The molecule has 5 rings (SSSR count). The molecule has 1 aliphatic carbocycles. The van der Waals surface area contributed by atoms with Gasteiger partial charge in [0.1, 0.15) is 0 Å². The fraction of sp³-hybridized carbons (Fsp3) is 0.214. The molecule has 7 heteroatoms. The molecule has 0 saturated carbocycles. The second-order valence-corrected chi connectivity index (χ2v) is 10.9. The van der Waals surface area contributed by atoms with Gasteiger partial charge in [-0.1, -0.05) is 54.6 Å². The van der Waals surface area contributed by atoms with Crippen LogP contribution < -0.4 is 5.32 Å². The Morgan fingerprint density at radius 3 is 2.40 bits per heavy atom. The third-order valence-electron chi connectivity index (χ3n) is 6.36. The molecule has 35 heavy (non-hydrogen) atoms. The van der Waals surface area contributed by atoms with Gasteiger partial charge < -0.3 is 5.32 Å². The van der Waals surface area contributed by atoms with Crippen LogP contribution in [0.25, 0.3) is 16.9 Å². The van der Waals surface area contributed by atoms with Gasteiger partial charge in [0.2, 0.25) is 5.91 Å². The van der Waals surface area contributed by atoms with Gasteiger partial charge in [-0.2, -0.15) is 5.10 Å². The number of aromatic nitrogens is 2. The molecule has 1 aromatic heterocycles. The summed E-state index contributed by atoms with van der Waals surface area (Å²) in [6.07, 6.45) is 4.79. The minimum atomic E-state index is -3.52. The molecule has 178 valence electrons. The van der Waals surface area contributed by atoms with Crippen molar-refractivity contribution in [1.29, 1.82) is 0 Å². The van der Waals surface area contributed by atoms with E-state index in [1.807, 2.05) is 72.9 Å². The van der Waals surface area contributed by atoms with Gasteiger partial charge >= 0.3 is 0 Å². The predicted octanol–water partition coefficient (Wildman–Crippen LogP) is 4.51. The van der Waals surface area contributed by atoms with Gasteiger partial charge in [0.05, 0.1) is 22.0 Å². The zero-order chi connectivity index (χ0) is 24.3. The molecule has 1 aliphatic rings. The summed E-state index contributed by atoms with van der Waals surface area (Å²) < 4.78 is 27.4. The zero-order valence-corrected chi connectivity index (χ0v) is 20.2. The summed E-state index contributed by atoms with van der Waals surface area (Å²) >= 11 is 0. The van der Waals surface area contributed by atoms with Crippen molar-refractivity contribution in [1.82, 2.24) is 15.1 Å². The molecular formula is C28H27N3O3S. The Bertz CT molecular complexity index is 1450. The van der Waals surface area contributed by atoms with Crippen LogP contribution in [0.1, 0.15) is 29.5 Å². The fourth-order valence-corrected chi connectivity index (χ4v) is 5.75. The van der Waals surface area contributed by atoms with Gasteiger partial charge in [0.15, 0.2) is 9.84 Å². The Hall–Kier alpha value is -3.71. The van der Waals surface area contributed by atoms with Gasteiger partial charge in [-0.15, -0.1) is 0 Å².